The normalized spacial score (nSPS) is 16.8. The number of rotatable bonds is 12. The van der Waals surface area contributed by atoms with E-state index >= 15 is 0 Å². The molecule has 4 nitrogen and oxygen atoms in total. The molecule has 0 N–H and O–H groups in total. The summed E-state index contributed by atoms with van der Waals surface area (Å²) in [5.41, 5.74) is -2.13. The van der Waals surface area contributed by atoms with Crippen molar-refractivity contribution in [3.05, 3.63) is 0 Å². The molecule has 0 radical (unpaired) electrons. The maximum Gasteiger partial charge on any atom is 0.161 e. The van der Waals surface area contributed by atoms with Gasteiger partial charge < -0.3 is 0 Å². The standard InChI is InChI=1S/C24H46O4/c1-11-13-15-17-23(9,27-25-21(3,4)5)19-20-24(10,18-16-14-12-2)28-26-22(6,7)8/h11-18H2,1-10H3. The third-order valence-electron chi connectivity index (χ3n) is 4.06. The highest BCUT2D eigenvalue weighted by Gasteiger charge is 2.31. The summed E-state index contributed by atoms with van der Waals surface area (Å²) in [5, 5.41) is 0. The van der Waals surface area contributed by atoms with Gasteiger partial charge in [0.2, 0.25) is 0 Å². The summed E-state index contributed by atoms with van der Waals surface area (Å²) in [6, 6.07) is 0. The van der Waals surface area contributed by atoms with Crippen LogP contribution in [0.5, 0.6) is 0 Å². The fraction of sp³-hybridized carbons (Fsp3) is 0.917. The zero-order valence-electron chi connectivity index (χ0n) is 20.3. The van der Waals surface area contributed by atoms with Crippen LogP contribution in [0.25, 0.3) is 0 Å². The fourth-order valence-electron chi connectivity index (χ4n) is 2.37. The van der Waals surface area contributed by atoms with Crippen LogP contribution in [-0.2, 0) is 19.6 Å². The van der Waals surface area contributed by atoms with E-state index in [1.807, 2.05) is 55.4 Å². The van der Waals surface area contributed by atoms with Crippen molar-refractivity contribution in [1.29, 1.82) is 0 Å². The number of hydrogen-bond donors (Lipinski definition) is 0. The molecule has 0 aromatic heterocycles. The Bertz CT molecular complexity index is 436. The first-order chi connectivity index (χ1) is 12.7. The summed E-state index contributed by atoms with van der Waals surface area (Å²) in [7, 11) is 0. The van der Waals surface area contributed by atoms with E-state index in [1.54, 1.807) is 0 Å². The van der Waals surface area contributed by atoms with Crippen molar-refractivity contribution in [1.82, 2.24) is 0 Å². The Morgan fingerprint density at radius 2 is 0.821 bits per heavy atom. The molecular formula is C24H46O4. The van der Waals surface area contributed by atoms with Gasteiger partial charge in [-0.3, -0.25) is 0 Å². The average molecular weight is 399 g/mol. The van der Waals surface area contributed by atoms with Crippen LogP contribution in [0.1, 0.15) is 121 Å². The molecule has 0 amide bonds. The van der Waals surface area contributed by atoms with Gasteiger partial charge in [0, 0.05) is 0 Å². The van der Waals surface area contributed by atoms with E-state index in [9.17, 15) is 0 Å². The Morgan fingerprint density at radius 3 is 1.07 bits per heavy atom. The molecule has 2 atom stereocenters. The largest absolute Gasteiger partial charge is 0.229 e. The molecule has 166 valence electrons. The third-order valence-corrected chi connectivity index (χ3v) is 4.06. The first kappa shape index (κ1) is 27.4. The third kappa shape index (κ3) is 14.4. The lowest BCUT2D eigenvalue weighted by Gasteiger charge is -2.30. The molecule has 0 spiro atoms. The Hall–Kier alpha value is -0.600. The molecule has 0 aliphatic rings. The highest BCUT2D eigenvalue weighted by atomic mass is 17.2. The number of hydrogen-bond acceptors (Lipinski definition) is 4. The van der Waals surface area contributed by atoms with Crippen LogP contribution in [0, 0.1) is 11.8 Å². The van der Waals surface area contributed by atoms with Crippen molar-refractivity contribution in [2.45, 2.75) is 143 Å². The van der Waals surface area contributed by atoms with E-state index in [2.05, 4.69) is 25.7 Å². The molecule has 0 bridgehead atoms. The topological polar surface area (TPSA) is 36.9 Å². The van der Waals surface area contributed by atoms with Crippen molar-refractivity contribution in [2.75, 3.05) is 0 Å². The summed E-state index contributed by atoms with van der Waals surface area (Å²) in [6.07, 6.45) is 8.31. The van der Waals surface area contributed by atoms with Crippen molar-refractivity contribution < 1.29 is 19.6 Å². The molecule has 0 heterocycles. The minimum atomic E-state index is -0.681. The average Bonchev–Trinajstić information content (AvgIpc) is 2.56. The van der Waals surface area contributed by atoms with Gasteiger partial charge in [-0.1, -0.05) is 51.4 Å². The predicted octanol–water partition coefficient (Wildman–Crippen LogP) is 7.16. The smallest absolute Gasteiger partial charge is 0.161 e. The highest BCUT2D eigenvalue weighted by Crippen LogP contribution is 2.26. The van der Waals surface area contributed by atoms with E-state index in [4.69, 9.17) is 19.6 Å². The molecule has 2 unspecified atom stereocenters. The van der Waals surface area contributed by atoms with Gasteiger partial charge in [-0.25, -0.2) is 19.6 Å². The minimum Gasteiger partial charge on any atom is -0.229 e. The van der Waals surface area contributed by atoms with Crippen molar-refractivity contribution in [3.8, 4) is 11.8 Å². The fourth-order valence-corrected chi connectivity index (χ4v) is 2.37. The monoisotopic (exact) mass is 398 g/mol. The SMILES string of the molecule is CCCCCC(C)(C#CC(C)(CCCCC)OOC(C)(C)C)OOC(C)(C)C. The molecule has 0 aromatic carbocycles. The summed E-state index contributed by atoms with van der Waals surface area (Å²) in [5.74, 6) is 6.66. The van der Waals surface area contributed by atoms with Crippen LogP contribution in [0.15, 0.2) is 0 Å². The van der Waals surface area contributed by atoms with E-state index in [0.717, 1.165) is 51.4 Å². The van der Waals surface area contributed by atoms with E-state index < -0.39 is 11.2 Å². The quantitative estimate of drug-likeness (QED) is 0.151. The first-order valence-corrected chi connectivity index (χ1v) is 11.0. The Labute approximate surface area is 174 Å². The molecule has 0 aliphatic heterocycles. The van der Waals surface area contributed by atoms with Crippen LogP contribution in [0.4, 0.5) is 0 Å². The molecule has 28 heavy (non-hydrogen) atoms. The molecule has 4 heteroatoms. The summed E-state index contributed by atoms with van der Waals surface area (Å²) in [4.78, 5) is 22.9. The molecule has 0 aromatic rings. The first-order valence-electron chi connectivity index (χ1n) is 11.0. The van der Waals surface area contributed by atoms with Gasteiger partial charge in [0.05, 0.1) is 11.2 Å². The van der Waals surface area contributed by atoms with Gasteiger partial charge in [0.15, 0.2) is 11.2 Å². The van der Waals surface area contributed by atoms with Crippen molar-refractivity contribution in [3.63, 3.8) is 0 Å². The van der Waals surface area contributed by atoms with Gasteiger partial charge in [-0.15, -0.1) is 0 Å². The lowest BCUT2D eigenvalue weighted by molar-refractivity contribution is -0.391. The highest BCUT2D eigenvalue weighted by molar-refractivity contribution is 5.20. The molecule has 0 rings (SSSR count). The van der Waals surface area contributed by atoms with Crippen LogP contribution < -0.4 is 0 Å². The van der Waals surface area contributed by atoms with Crippen LogP contribution in [0.2, 0.25) is 0 Å². The lowest BCUT2D eigenvalue weighted by atomic mass is 9.94. The minimum absolute atomic E-state index is 0.385. The molecule has 0 saturated heterocycles. The molecule has 0 saturated carbocycles. The van der Waals surface area contributed by atoms with E-state index in [1.165, 1.54) is 0 Å². The maximum atomic E-state index is 5.84. The van der Waals surface area contributed by atoms with Gasteiger partial charge in [-0.2, -0.15) is 0 Å². The van der Waals surface area contributed by atoms with Crippen molar-refractivity contribution >= 4 is 0 Å². The predicted molar refractivity (Wildman–Crippen MR) is 117 cm³/mol. The second-order valence-corrected chi connectivity index (χ2v) is 10.2. The van der Waals surface area contributed by atoms with Crippen molar-refractivity contribution in [2.24, 2.45) is 0 Å². The zero-order valence-corrected chi connectivity index (χ0v) is 20.3. The van der Waals surface area contributed by atoms with E-state index in [-0.39, 0.29) is 11.2 Å². The second kappa shape index (κ2) is 12.2. The zero-order chi connectivity index (χ0) is 21.9. The molecule has 0 aliphatic carbocycles. The summed E-state index contributed by atoms with van der Waals surface area (Å²) in [6.45, 7) is 20.2. The Balaban J connectivity index is 5.43. The molecular weight excluding hydrogens is 352 g/mol. The maximum absolute atomic E-state index is 5.84. The Morgan fingerprint density at radius 1 is 0.500 bits per heavy atom. The lowest BCUT2D eigenvalue weighted by Crippen LogP contribution is -2.35. The van der Waals surface area contributed by atoms with Crippen LogP contribution in [-0.4, -0.2) is 22.4 Å². The number of unbranched alkanes of at least 4 members (excludes halogenated alkanes) is 4. The summed E-state index contributed by atoms with van der Waals surface area (Å²) >= 11 is 0. The van der Waals surface area contributed by atoms with E-state index in [0.29, 0.717) is 0 Å². The molecule has 0 fully saturated rings. The Kier molecular flexibility index (Phi) is 11.9. The van der Waals surface area contributed by atoms with Crippen LogP contribution in [0.3, 0.4) is 0 Å². The second-order valence-electron chi connectivity index (χ2n) is 10.2. The van der Waals surface area contributed by atoms with Gasteiger partial charge >= 0.3 is 0 Å². The summed E-state index contributed by atoms with van der Waals surface area (Å²) < 4.78 is 0. The van der Waals surface area contributed by atoms with Gasteiger partial charge in [0.1, 0.15) is 0 Å². The van der Waals surface area contributed by atoms with Gasteiger partial charge in [0.25, 0.3) is 0 Å². The van der Waals surface area contributed by atoms with Gasteiger partial charge in [-0.05, 0) is 81.1 Å². The van der Waals surface area contributed by atoms with Crippen LogP contribution >= 0.6 is 0 Å².